The fourth-order valence-corrected chi connectivity index (χ4v) is 4.31. The smallest absolute Gasteiger partial charge is 0.305 e. The summed E-state index contributed by atoms with van der Waals surface area (Å²) in [4.78, 5) is 28.8. The van der Waals surface area contributed by atoms with Crippen LogP contribution >= 0.6 is 0 Å². The van der Waals surface area contributed by atoms with Gasteiger partial charge in [-0.2, -0.15) is 0 Å². The SMILES string of the molecule is O=C(O)CC(c1ccccc1)n1cc2ccc(NC(=O)c3cccc(NC4=NCCN4)c3)cc2c1O. The van der Waals surface area contributed by atoms with Crippen LogP contribution in [-0.4, -0.2) is 45.7 Å². The van der Waals surface area contributed by atoms with Crippen LogP contribution in [0.15, 0.2) is 84.0 Å². The van der Waals surface area contributed by atoms with Crippen LogP contribution in [0.3, 0.4) is 0 Å². The number of carbonyl (C=O) groups is 2. The van der Waals surface area contributed by atoms with Gasteiger partial charge in [0.05, 0.1) is 19.0 Å². The summed E-state index contributed by atoms with van der Waals surface area (Å²) in [6.07, 6.45) is 1.54. The van der Waals surface area contributed by atoms with Crippen molar-refractivity contribution < 1.29 is 19.8 Å². The van der Waals surface area contributed by atoms with E-state index in [4.69, 9.17) is 0 Å². The third kappa shape index (κ3) is 4.85. The molecule has 0 aliphatic carbocycles. The van der Waals surface area contributed by atoms with Gasteiger partial charge in [-0.25, -0.2) is 0 Å². The maximum absolute atomic E-state index is 12.9. The van der Waals surface area contributed by atoms with Gasteiger partial charge in [0.15, 0.2) is 11.8 Å². The van der Waals surface area contributed by atoms with Gasteiger partial charge in [0.1, 0.15) is 0 Å². The number of rotatable bonds is 7. The molecule has 9 nitrogen and oxygen atoms in total. The monoisotopic (exact) mass is 483 g/mol. The highest BCUT2D eigenvalue weighted by atomic mass is 16.4. The Kier molecular flexibility index (Phi) is 6.27. The van der Waals surface area contributed by atoms with Crippen molar-refractivity contribution in [1.29, 1.82) is 0 Å². The van der Waals surface area contributed by atoms with Crippen LogP contribution in [-0.2, 0) is 4.79 Å². The third-order valence-electron chi connectivity index (χ3n) is 6.02. The van der Waals surface area contributed by atoms with Crippen LogP contribution in [0.1, 0.15) is 28.4 Å². The minimum Gasteiger partial charge on any atom is -0.494 e. The largest absolute Gasteiger partial charge is 0.494 e. The molecular weight excluding hydrogens is 458 g/mol. The first-order valence-electron chi connectivity index (χ1n) is 11.5. The van der Waals surface area contributed by atoms with E-state index in [0.29, 0.717) is 29.1 Å². The fourth-order valence-electron chi connectivity index (χ4n) is 4.31. The molecule has 1 atom stereocenters. The summed E-state index contributed by atoms with van der Waals surface area (Å²) in [6.45, 7) is 1.49. The summed E-state index contributed by atoms with van der Waals surface area (Å²) in [7, 11) is 0. The Morgan fingerprint density at radius 3 is 2.61 bits per heavy atom. The zero-order valence-corrected chi connectivity index (χ0v) is 19.3. The number of anilines is 2. The molecule has 0 saturated carbocycles. The van der Waals surface area contributed by atoms with Crippen molar-refractivity contribution in [2.75, 3.05) is 23.7 Å². The number of hydrogen-bond acceptors (Lipinski definition) is 6. The fraction of sp³-hybridized carbons (Fsp3) is 0.148. The molecule has 9 heteroatoms. The molecule has 36 heavy (non-hydrogen) atoms. The van der Waals surface area contributed by atoms with Gasteiger partial charge in [-0.3, -0.25) is 14.6 Å². The lowest BCUT2D eigenvalue weighted by atomic mass is 10.0. The molecule has 0 bridgehead atoms. The highest BCUT2D eigenvalue weighted by molar-refractivity contribution is 6.06. The highest BCUT2D eigenvalue weighted by Gasteiger charge is 2.22. The zero-order valence-electron chi connectivity index (χ0n) is 19.3. The Morgan fingerprint density at radius 2 is 1.86 bits per heavy atom. The van der Waals surface area contributed by atoms with E-state index in [1.165, 1.54) is 0 Å². The number of fused-ring (bicyclic) bond motifs is 1. The highest BCUT2D eigenvalue weighted by Crippen LogP contribution is 2.35. The molecule has 2 heterocycles. The van der Waals surface area contributed by atoms with E-state index >= 15 is 0 Å². The second-order valence-electron chi connectivity index (χ2n) is 8.50. The lowest BCUT2D eigenvalue weighted by Crippen LogP contribution is -2.26. The molecule has 0 fully saturated rings. The van der Waals surface area contributed by atoms with E-state index < -0.39 is 12.0 Å². The number of hydrogen-bond donors (Lipinski definition) is 5. The number of benzene rings is 3. The van der Waals surface area contributed by atoms with E-state index in [2.05, 4.69) is 20.9 Å². The molecule has 0 radical (unpaired) electrons. The predicted octanol–water partition coefficient (Wildman–Crippen LogP) is 4.03. The molecule has 0 saturated heterocycles. The van der Waals surface area contributed by atoms with Crippen molar-refractivity contribution in [1.82, 2.24) is 9.88 Å². The molecule has 1 aliphatic rings. The minimum atomic E-state index is -0.971. The van der Waals surface area contributed by atoms with Crippen LogP contribution in [0.5, 0.6) is 5.88 Å². The summed E-state index contributed by atoms with van der Waals surface area (Å²) in [5.74, 6) is -0.658. The Hall–Kier alpha value is -4.79. The van der Waals surface area contributed by atoms with E-state index in [0.717, 1.165) is 23.2 Å². The van der Waals surface area contributed by atoms with Crippen LogP contribution in [0.2, 0.25) is 0 Å². The van der Waals surface area contributed by atoms with Gasteiger partial charge >= 0.3 is 5.97 Å². The molecule has 1 amide bonds. The number of aliphatic carboxylic acids is 1. The normalized spacial score (nSPS) is 13.6. The summed E-state index contributed by atoms with van der Waals surface area (Å²) >= 11 is 0. The third-order valence-corrected chi connectivity index (χ3v) is 6.02. The number of carboxylic acid groups (broad SMARTS) is 1. The van der Waals surface area contributed by atoms with Gasteiger partial charge in [-0.15, -0.1) is 0 Å². The van der Waals surface area contributed by atoms with Gasteiger partial charge in [-0.05, 0) is 35.9 Å². The first-order chi connectivity index (χ1) is 17.5. The molecular formula is C27H25N5O4. The van der Waals surface area contributed by atoms with E-state index in [9.17, 15) is 19.8 Å². The topological polar surface area (TPSA) is 128 Å². The molecule has 4 aromatic rings. The van der Waals surface area contributed by atoms with E-state index in [1.807, 2.05) is 36.4 Å². The second kappa shape index (κ2) is 9.83. The molecule has 182 valence electrons. The lowest BCUT2D eigenvalue weighted by Gasteiger charge is -2.18. The predicted molar refractivity (Wildman–Crippen MR) is 139 cm³/mol. The number of amides is 1. The van der Waals surface area contributed by atoms with E-state index in [1.54, 1.807) is 47.2 Å². The second-order valence-corrected chi connectivity index (χ2v) is 8.50. The molecule has 5 rings (SSSR count). The van der Waals surface area contributed by atoms with Gasteiger partial charge in [0.2, 0.25) is 0 Å². The zero-order chi connectivity index (χ0) is 25.1. The quantitative estimate of drug-likeness (QED) is 0.270. The van der Waals surface area contributed by atoms with Crippen molar-refractivity contribution in [3.05, 3.63) is 90.1 Å². The van der Waals surface area contributed by atoms with Crippen LogP contribution < -0.4 is 16.0 Å². The summed E-state index contributed by atoms with van der Waals surface area (Å²) in [5.41, 5.74) is 2.49. The van der Waals surface area contributed by atoms with Crippen LogP contribution in [0.4, 0.5) is 11.4 Å². The summed E-state index contributed by atoms with van der Waals surface area (Å²) in [6, 6.07) is 20.9. The average Bonchev–Trinajstić information content (AvgIpc) is 3.51. The average molecular weight is 484 g/mol. The number of carboxylic acids is 1. The van der Waals surface area contributed by atoms with Crippen molar-refractivity contribution in [3.63, 3.8) is 0 Å². The Labute approximate surface area is 207 Å². The number of nitrogens with one attached hydrogen (secondary N) is 3. The maximum atomic E-state index is 12.9. The number of aromatic nitrogens is 1. The molecule has 5 N–H and O–H groups in total. The molecule has 3 aromatic carbocycles. The first-order valence-corrected chi connectivity index (χ1v) is 11.5. The van der Waals surface area contributed by atoms with Crippen LogP contribution in [0, 0.1) is 0 Å². The standard InChI is InChI=1S/C27H25N5O4/c33-24(34)15-23(17-5-2-1-3-6-17)32-16-19-9-10-21(14-22(19)26(32)36)30-25(35)18-7-4-8-20(13-18)31-27-28-11-12-29-27/h1-10,13-14,16,23,36H,11-12,15H2,(H,30,35)(H,33,34)(H2,28,29,31). The number of aliphatic imine (C=N–C) groups is 1. The molecule has 0 spiro atoms. The van der Waals surface area contributed by atoms with Gasteiger partial charge < -0.3 is 30.7 Å². The van der Waals surface area contributed by atoms with Crippen molar-refractivity contribution in [3.8, 4) is 5.88 Å². The van der Waals surface area contributed by atoms with Crippen molar-refractivity contribution >= 4 is 40.0 Å². The number of carbonyl (C=O) groups excluding carboxylic acids is 1. The number of guanidine groups is 1. The summed E-state index contributed by atoms with van der Waals surface area (Å²) in [5, 5.41) is 30.9. The summed E-state index contributed by atoms with van der Waals surface area (Å²) < 4.78 is 1.56. The van der Waals surface area contributed by atoms with Crippen LogP contribution in [0.25, 0.3) is 10.8 Å². The van der Waals surface area contributed by atoms with Gasteiger partial charge in [0.25, 0.3) is 5.91 Å². The lowest BCUT2D eigenvalue weighted by molar-refractivity contribution is -0.137. The minimum absolute atomic E-state index is 0.0627. The van der Waals surface area contributed by atoms with Gasteiger partial charge in [-0.1, -0.05) is 42.5 Å². The Morgan fingerprint density at radius 1 is 1.03 bits per heavy atom. The molecule has 1 unspecified atom stereocenters. The first kappa shape index (κ1) is 23.0. The molecule has 1 aliphatic heterocycles. The Bertz CT molecular complexity index is 1460. The number of nitrogens with zero attached hydrogens (tertiary/aromatic N) is 2. The maximum Gasteiger partial charge on any atom is 0.305 e. The van der Waals surface area contributed by atoms with Gasteiger partial charge in [0, 0.05) is 40.5 Å². The van der Waals surface area contributed by atoms with Crippen molar-refractivity contribution in [2.45, 2.75) is 12.5 Å². The number of aromatic hydroxyl groups is 1. The van der Waals surface area contributed by atoms with Crippen molar-refractivity contribution in [2.24, 2.45) is 4.99 Å². The molecule has 1 aromatic heterocycles. The van der Waals surface area contributed by atoms with E-state index in [-0.39, 0.29) is 18.2 Å². The Balaban J connectivity index is 1.39.